The van der Waals surface area contributed by atoms with E-state index in [0.29, 0.717) is 0 Å². The maximum atomic E-state index is 5.10. The zero-order chi connectivity index (χ0) is 22.7. The van der Waals surface area contributed by atoms with Gasteiger partial charge in [-0.3, -0.25) is 14.4 Å². The predicted molar refractivity (Wildman–Crippen MR) is 140 cm³/mol. The number of imidazole rings is 1. The third kappa shape index (κ3) is 2.15. The number of pyridine rings is 3. The second-order valence-corrected chi connectivity index (χ2v) is 9.68. The highest BCUT2D eigenvalue weighted by Crippen LogP contribution is 2.46. The number of hydrogen-bond acceptors (Lipinski definition) is 3. The summed E-state index contributed by atoms with van der Waals surface area (Å²) in [6, 6.07) is 26.3. The first-order chi connectivity index (χ1) is 17.3. The van der Waals surface area contributed by atoms with Crippen LogP contribution in [0.25, 0.3) is 60.9 Å². The van der Waals surface area contributed by atoms with Gasteiger partial charge in [0.15, 0.2) is 5.65 Å². The number of rotatable bonds is 0. The van der Waals surface area contributed by atoms with E-state index < -0.39 is 0 Å². The van der Waals surface area contributed by atoms with Crippen molar-refractivity contribution < 1.29 is 0 Å². The fourth-order valence-corrected chi connectivity index (χ4v) is 6.43. The van der Waals surface area contributed by atoms with Crippen molar-refractivity contribution in [3.05, 3.63) is 107 Å². The first-order valence-corrected chi connectivity index (χ1v) is 12.0. The largest absolute Gasteiger partial charge is 0.288 e. The lowest BCUT2D eigenvalue weighted by Gasteiger charge is -2.09. The van der Waals surface area contributed by atoms with Crippen LogP contribution in [0.2, 0.25) is 0 Å². The second kappa shape index (κ2) is 6.10. The molecular formula is C31H18N4. The summed E-state index contributed by atoms with van der Waals surface area (Å²) in [5.74, 6) is 0. The van der Waals surface area contributed by atoms with E-state index in [1.54, 1.807) is 0 Å². The van der Waals surface area contributed by atoms with E-state index in [1.165, 1.54) is 50.0 Å². The molecule has 4 nitrogen and oxygen atoms in total. The van der Waals surface area contributed by atoms with Gasteiger partial charge in [-0.1, -0.05) is 30.3 Å². The van der Waals surface area contributed by atoms with Crippen molar-refractivity contribution in [1.29, 1.82) is 0 Å². The van der Waals surface area contributed by atoms with Gasteiger partial charge < -0.3 is 0 Å². The van der Waals surface area contributed by atoms with E-state index in [-0.39, 0.29) is 0 Å². The molecule has 9 rings (SSSR count). The molecule has 3 aromatic carbocycles. The highest BCUT2D eigenvalue weighted by Gasteiger charge is 2.28. The highest BCUT2D eigenvalue weighted by atomic mass is 15.0. The van der Waals surface area contributed by atoms with Gasteiger partial charge in [-0.15, -0.1) is 0 Å². The van der Waals surface area contributed by atoms with Crippen LogP contribution in [-0.4, -0.2) is 19.4 Å². The van der Waals surface area contributed by atoms with Crippen LogP contribution in [0.1, 0.15) is 22.3 Å². The Labute approximate surface area is 200 Å². The zero-order valence-corrected chi connectivity index (χ0v) is 18.8. The molecule has 0 saturated carbocycles. The van der Waals surface area contributed by atoms with Gasteiger partial charge in [-0.2, -0.15) is 0 Å². The maximum Gasteiger partial charge on any atom is 0.165 e. The van der Waals surface area contributed by atoms with Crippen molar-refractivity contribution in [2.45, 2.75) is 12.8 Å². The normalized spacial score (nSPS) is 13.5. The van der Waals surface area contributed by atoms with Crippen molar-refractivity contribution in [2.24, 2.45) is 0 Å². The molecule has 0 amide bonds. The van der Waals surface area contributed by atoms with E-state index in [1.807, 2.05) is 24.5 Å². The summed E-state index contributed by atoms with van der Waals surface area (Å²) >= 11 is 0. The summed E-state index contributed by atoms with van der Waals surface area (Å²) in [7, 11) is 0. The van der Waals surface area contributed by atoms with Gasteiger partial charge in [0.25, 0.3) is 0 Å². The molecule has 0 spiro atoms. The van der Waals surface area contributed by atoms with Crippen LogP contribution in [0.4, 0.5) is 0 Å². The van der Waals surface area contributed by atoms with Crippen molar-refractivity contribution in [3.63, 3.8) is 0 Å². The fraction of sp³-hybridized carbons (Fsp3) is 0.0645. The van der Waals surface area contributed by atoms with Crippen LogP contribution >= 0.6 is 0 Å². The zero-order valence-electron chi connectivity index (χ0n) is 18.8. The molecular weight excluding hydrogens is 428 g/mol. The molecule has 4 heterocycles. The maximum absolute atomic E-state index is 5.10. The average Bonchev–Trinajstić information content (AvgIpc) is 3.58. The van der Waals surface area contributed by atoms with Crippen molar-refractivity contribution in [1.82, 2.24) is 19.4 Å². The lowest BCUT2D eigenvalue weighted by Crippen LogP contribution is -1.96. The Morgan fingerprint density at radius 3 is 2.37 bits per heavy atom. The molecule has 2 aliphatic carbocycles. The van der Waals surface area contributed by atoms with Crippen LogP contribution in [0.3, 0.4) is 0 Å². The minimum atomic E-state index is 0.898. The van der Waals surface area contributed by atoms with E-state index >= 15 is 0 Å². The molecule has 4 aromatic heterocycles. The van der Waals surface area contributed by atoms with E-state index in [0.717, 1.165) is 45.9 Å². The first-order valence-electron chi connectivity index (χ1n) is 12.0. The standard InChI is InChI=1S/C31H18N4/c1-2-6-20-17(5-1)13-18-14-24-19(15-23(18)20)16-25-21(24)9-10-26-30(25)35-27-8-4-12-32-28(27)22-7-3-11-33-29(22)31(35)34-26/h1-12,14-15H,13,16H2. The molecule has 0 saturated heterocycles. The lowest BCUT2D eigenvalue weighted by molar-refractivity contribution is 1.22. The van der Waals surface area contributed by atoms with Gasteiger partial charge in [0.2, 0.25) is 0 Å². The third-order valence-corrected chi connectivity index (χ3v) is 7.90. The molecule has 0 unspecified atom stereocenters. The first kappa shape index (κ1) is 17.8. The predicted octanol–water partition coefficient (Wildman–Crippen LogP) is 6.73. The van der Waals surface area contributed by atoms with Crippen LogP contribution in [-0.2, 0) is 12.8 Å². The topological polar surface area (TPSA) is 43.1 Å². The average molecular weight is 447 g/mol. The SMILES string of the molecule is c1ccc2c(c1)Cc1cc3c(cc1-2)Cc1c-3ccc2nc3c4ncccc4c4ncccc4n3c12. The summed E-state index contributed by atoms with van der Waals surface area (Å²) < 4.78 is 2.29. The molecule has 7 aromatic rings. The Hall–Kier alpha value is -4.57. The molecule has 35 heavy (non-hydrogen) atoms. The molecule has 0 radical (unpaired) electrons. The Balaban J connectivity index is 1.38. The minimum Gasteiger partial charge on any atom is -0.288 e. The molecule has 0 fully saturated rings. The Kier molecular flexibility index (Phi) is 3.11. The van der Waals surface area contributed by atoms with Crippen molar-refractivity contribution >= 4 is 38.6 Å². The second-order valence-electron chi connectivity index (χ2n) is 9.68. The number of aromatic nitrogens is 4. The van der Waals surface area contributed by atoms with Gasteiger partial charge in [0.1, 0.15) is 5.52 Å². The summed E-state index contributed by atoms with van der Waals surface area (Å²) in [5.41, 5.74) is 17.1. The number of nitrogens with zero attached hydrogens (tertiary/aromatic N) is 4. The third-order valence-electron chi connectivity index (χ3n) is 7.90. The van der Waals surface area contributed by atoms with Gasteiger partial charge in [0, 0.05) is 24.2 Å². The Morgan fingerprint density at radius 2 is 1.43 bits per heavy atom. The Bertz CT molecular complexity index is 2070. The minimum absolute atomic E-state index is 0.898. The molecule has 0 N–H and O–H groups in total. The van der Waals surface area contributed by atoms with Crippen LogP contribution < -0.4 is 0 Å². The Morgan fingerprint density at radius 1 is 0.629 bits per heavy atom. The number of benzene rings is 3. The number of hydrogen-bond donors (Lipinski definition) is 0. The smallest absolute Gasteiger partial charge is 0.165 e. The lowest BCUT2D eigenvalue weighted by atomic mass is 9.98. The van der Waals surface area contributed by atoms with E-state index in [9.17, 15) is 0 Å². The van der Waals surface area contributed by atoms with Crippen LogP contribution in [0, 0.1) is 0 Å². The molecule has 0 aliphatic heterocycles. The van der Waals surface area contributed by atoms with Gasteiger partial charge in [-0.25, -0.2) is 4.98 Å². The quantitative estimate of drug-likeness (QED) is 0.243. The number of fused-ring (bicyclic) bond motifs is 15. The molecule has 0 bridgehead atoms. The van der Waals surface area contributed by atoms with E-state index in [4.69, 9.17) is 15.0 Å². The van der Waals surface area contributed by atoms with Crippen molar-refractivity contribution in [3.8, 4) is 22.3 Å². The monoisotopic (exact) mass is 446 g/mol. The van der Waals surface area contributed by atoms with E-state index in [2.05, 4.69) is 65.1 Å². The van der Waals surface area contributed by atoms with Crippen LogP contribution in [0.5, 0.6) is 0 Å². The van der Waals surface area contributed by atoms with Gasteiger partial charge >= 0.3 is 0 Å². The summed E-state index contributed by atoms with van der Waals surface area (Å²) in [4.78, 5) is 14.6. The molecule has 2 aliphatic rings. The molecule has 162 valence electrons. The van der Waals surface area contributed by atoms with Crippen LogP contribution in [0.15, 0.2) is 85.2 Å². The summed E-state index contributed by atoms with van der Waals surface area (Å²) in [6.07, 6.45) is 5.63. The highest BCUT2D eigenvalue weighted by molar-refractivity contribution is 6.11. The van der Waals surface area contributed by atoms with Gasteiger partial charge in [0.05, 0.1) is 22.1 Å². The van der Waals surface area contributed by atoms with Crippen molar-refractivity contribution in [2.75, 3.05) is 0 Å². The fourth-order valence-electron chi connectivity index (χ4n) is 6.43. The summed E-state index contributed by atoms with van der Waals surface area (Å²) in [6.45, 7) is 0. The molecule has 0 atom stereocenters. The summed E-state index contributed by atoms with van der Waals surface area (Å²) in [5, 5.41) is 1.04. The molecule has 4 heteroatoms. The van der Waals surface area contributed by atoms with Gasteiger partial charge in [-0.05, 0) is 93.4 Å².